The van der Waals surface area contributed by atoms with Crippen molar-refractivity contribution in [3.05, 3.63) is 35.9 Å². The van der Waals surface area contributed by atoms with Gasteiger partial charge in [0.25, 0.3) is 5.91 Å². The second kappa shape index (κ2) is 6.88. The summed E-state index contributed by atoms with van der Waals surface area (Å²) < 4.78 is 10.5. The van der Waals surface area contributed by atoms with Crippen molar-refractivity contribution in [2.24, 2.45) is 10.9 Å². The number of carbonyl (C=O) groups is 1. The zero-order valence-corrected chi connectivity index (χ0v) is 10.9. The highest BCUT2D eigenvalue weighted by Crippen LogP contribution is 2.13. The Morgan fingerprint density at radius 2 is 2.15 bits per heavy atom. The van der Waals surface area contributed by atoms with E-state index < -0.39 is 12.1 Å². The van der Waals surface area contributed by atoms with Crippen LogP contribution >= 0.6 is 0 Å². The van der Waals surface area contributed by atoms with Crippen molar-refractivity contribution in [2.45, 2.75) is 12.1 Å². The minimum Gasteiger partial charge on any atom is -0.409 e. The molecule has 0 saturated carbocycles. The van der Waals surface area contributed by atoms with Crippen molar-refractivity contribution in [1.29, 1.82) is 0 Å². The summed E-state index contributed by atoms with van der Waals surface area (Å²) in [6.45, 7) is 1.05. The molecule has 0 aromatic heterocycles. The number of nitrogens with zero attached hydrogens (tertiary/aromatic N) is 1. The van der Waals surface area contributed by atoms with Gasteiger partial charge in [0.1, 0.15) is 6.04 Å². The van der Waals surface area contributed by atoms with Crippen LogP contribution in [0, 0.1) is 0 Å². The topological polar surface area (TPSA) is 106 Å². The molecule has 1 aliphatic heterocycles. The van der Waals surface area contributed by atoms with Gasteiger partial charge in [0.05, 0.1) is 19.8 Å². The second-order valence-electron chi connectivity index (χ2n) is 4.31. The fourth-order valence-corrected chi connectivity index (χ4v) is 1.91. The van der Waals surface area contributed by atoms with E-state index in [-0.39, 0.29) is 18.3 Å². The third-order valence-electron chi connectivity index (χ3n) is 2.94. The van der Waals surface area contributed by atoms with E-state index in [1.807, 2.05) is 6.07 Å². The number of ether oxygens (including phenoxy) is 2. The molecule has 2 rings (SSSR count). The van der Waals surface area contributed by atoms with Gasteiger partial charge in [-0.15, -0.1) is 0 Å². The SMILES string of the molecule is NC(=NO)C(NC(=O)C1COCCO1)c1ccccc1. The van der Waals surface area contributed by atoms with Gasteiger partial charge in [0.2, 0.25) is 0 Å². The Balaban J connectivity index is 2.10. The second-order valence-corrected chi connectivity index (χ2v) is 4.31. The van der Waals surface area contributed by atoms with Gasteiger partial charge in [0.15, 0.2) is 11.9 Å². The van der Waals surface area contributed by atoms with Crippen LogP contribution in [0.2, 0.25) is 0 Å². The average molecular weight is 279 g/mol. The zero-order valence-electron chi connectivity index (χ0n) is 10.9. The van der Waals surface area contributed by atoms with Crippen LogP contribution < -0.4 is 11.1 Å². The third kappa shape index (κ3) is 3.46. The molecule has 2 unspecified atom stereocenters. The molecule has 2 atom stereocenters. The molecule has 0 aliphatic carbocycles. The molecule has 1 aromatic carbocycles. The van der Waals surface area contributed by atoms with Crippen LogP contribution in [-0.4, -0.2) is 42.9 Å². The predicted molar refractivity (Wildman–Crippen MR) is 71.3 cm³/mol. The predicted octanol–water partition coefficient (Wildman–Crippen LogP) is 0.00570. The summed E-state index contributed by atoms with van der Waals surface area (Å²) in [4.78, 5) is 12.1. The molecule has 0 radical (unpaired) electrons. The molecule has 1 fully saturated rings. The van der Waals surface area contributed by atoms with Gasteiger partial charge in [-0.2, -0.15) is 0 Å². The third-order valence-corrected chi connectivity index (χ3v) is 2.94. The number of nitrogens with two attached hydrogens (primary N) is 1. The van der Waals surface area contributed by atoms with Gasteiger partial charge in [-0.3, -0.25) is 4.79 Å². The fraction of sp³-hybridized carbons (Fsp3) is 0.385. The Morgan fingerprint density at radius 1 is 1.40 bits per heavy atom. The molecule has 1 amide bonds. The van der Waals surface area contributed by atoms with Crippen LogP contribution in [0.1, 0.15) is 11.6 Å². The molecule has 7 heteroatoms. The lowest BCUT2D eigenvalue weighted by Gasteiger charge is -2.25. The Hall–Kier alpha value is -2.12. The molecule has 7 nitrogen and oxygen atoms in total. The van der Waals surface area contributed by atoms with Crippen molar-refractivity contribution < 1.29 is 19.5 Å². The van der Waals surface area contributed by atoms with Gasteiger partial charge in [-0.05, 0) is 5.56 Å². The van der Waals surface area contributed by atoms with Crippen LogP contribution in [0.5, 0.6) is 0 Å². The Bertz CT molecular complexity index is 472. The number of benzene rings is 1. The van der Waals surface area contributed by atoms with E-state index in [1.165, 1.54) is 0 Å². The maximum Gasteiger partial charge on any atom is 0.252 e. The smallest absolute Gasteiger partial charge is 0.252 e. The number of carbonyl (C=O) groups excluding carboxylic acids is 1. The standard InChI is InChI=1S/C13H17N3O4/c14-12(16-18)11(9-4-2-1-3-5-9)15-13(17)10-8-19-6-7-20-10/h1-5,10-11,18H,6-8H2,(H2,14,16)(H,15,17). The lowest BCUT2D eigenvalue weighted by Crippen LogP contribution is -2.47. The first-order chi connectivity index (χ1) is 9.72. The summed E-state index contributed by atoms with van der Waals surface area (Å²) in [5.41, 5.74) is 6.36. The summed E-state index contributed by atoms with van der Waals surface area (Å²) in [5.74, 6) is -0.452. The van der Waals surface area contributed by atoms with E-state index in [9.17, 15) is 4.79 Å². The molecule has 1 saturated heterocycles. The molecule has 1 aromatic rings. The van der Waals surface area contributed by atoms with Crippen molar-refractivity contribution in [1.82, 2.24) is 5.32 Å². The molecule has 20 heavy (non-hydrogen) atoms. The van der Waals surface area contributed by atoms with E-state index >= 15 is 0 Å². The fourth-order valence-electron chi connectivity index (χ4n) is 1.91. The van der Waals surface area contributed by atoms with Crippen molar-refractivity contribution >= 4 is 11.7 Å². The molecule has 0 spiro atoms. The Labute approximate surface area is 116 Å². The highest BCUT2D eigenvalue weighted by atomic mass is 16.6. The maximum atomic E-state index is 12.1. The quantitative estimate of drug-likeness (QED) is 0.311. The lowest BCUT2D eigenvalue weighted by atomic mass is 10.1. The number of rotatable bonds is 4. The molecular weight excluding hydrogens is 262 g/mol. The Kier molecular flexibility index (Phi) is 4.91. The number of amidine groups is 1. The average Bonchev–Trinajstić information content (AvgIpc) is 2.53. The number of nitrogens with one attached hydrogen (secondary N) is 1. The zero-order chi connectivity index (χ0) is 14.4. The molecule has 1 aliphatic rings. The van der Waals surface area contributed by atoms with Gasteiger partial charge < -0.3 is 25.7 Å². The van der Waals surface area contributed by atoms with Crippen molar-refractivity contribution in [3.8, 4) is 0 Å². The normalized spacial score (nSPS) is 21.2. The van der Waals surface area contributed by atoms with Crippen LogP contribution in [-0.2, 0) is 14.3 Å². The Morgan fingerprint density at radius 3 is 2.75 bits per heavy atom. The monoisotopic (exact) mass is 279 g/mol. The molecular formula is C13H17N3O4. The van der Waals surface area contributed by atoms with E-state index in [4.69, 9.17) is 20.4 Å². The number of amides is 1. The highest BCUT2D eigenvalue weighted by Gasteiger charge is 2.27. The largest absolute Gasteiger partial charge is 0.409 e. The van der Waals surface area contributed by atoms with Gasteiger partial charge in [0, 0.05) is 0 Å². The number of hydrogen-bond acceptors (Lipinski definition) is 5. The van der Waals surface area contributed by atoms with Crippen LogP contribution in [0.25, 0.3) is 0 Å². The minimum atomic E-state index is -0.709. The number of hydrogen-bond donors (Lipinski definition) is 3. The van der Waals surface area contributed by atoms with Gasteiger partial charge in [-0.25, -0.2) is 0 Å². The van der Waals surface area contributed by atoms with Crippen molar-refractivity contribution in [3.63, 3.8) is 0 Å². The van der Waals surface area contributed by atoms with Gasteiger partial charge in [-0.1, -0.05) is 35.5 Å². The van der Waals surface area contributed by atoms with E-state index in [0.29, 0.717) is 18.8 Å². The summed E-state index contributed by atoms with van der Waals surface area (Å²) in [5, 5.41) is 14.5. The van der Waals surface area contributed by atoms with Crippen LogP contribution in [0.15, 0.2) is 35.5 Å². The van der Waals surface area contributed by atoms with E-state index in [1.54, 1.807) is 24.3 Å². The highest BCUT2D eigenvalue weighted by molar-refractivity contribution is 5.92. The van der Waals surface area contributed by atoms with Crippen molar-refractivity contribution in [2.75, 3.05) is 19.8 Å². The maximum absolute atomic E-state index is 12.1. The van der Waals surface area contributed by atoms with Gasteiger partial charge >= 0.3 is 0 Å². The first-order valence-electron chi connectivity index (χ1n) is 6.24. The molecule has 0 bridgehead atoms. The summed E-state index contributed by atoms with van der Waals surface area (Å²) in [6, 6.07) is 8.30. The van der Waals surface area contributed by atoms with Crippen LogP contribution in [0.3, 0.4) is 0 Å². The first kappa shape index (κ1) is 14.3. The molecule has 4 N–H and O–H groups in total. The van der Waals surface area contributed by atoms with E-state index in [0.717, 1.165) is 0 Å². The first-order valence-corrected chi connectivity index (χ1v) is 6.24. The summed E-state index contributed by atoms with van der Waals surface area (Å²) in [6.07, 6.45) is -0.679. The lowest BCUT2D eigenvalue weighted by molar-refractivity contribution is -0.147. The molecule has 1 heterocycles. The molecule has 108 valence electrons. The minimum absolute atomic E-state index is 0.0960. The summed E-state index contributed by atoms with van der Waals surface area (Å²) in [7, 11) is 0. The van der Waals surface area contributed by atoms with Crippen LogP contribution in [0.4, 0.5) is 0 Å². The summed E-state index contributed by atoms with van der Waals surface area (Å²) >= 11 is 0. The number of oxime groups is 1. The van der Waals surface area contributed by atoms with E-state index in [2.05, 4.69) is 10.5 Å².